The van der Waals surface area contributed by atoms with E-state index in [9.17, 15) is 9.18 Å². The van der Waals surface area contributed by atoms with Crippen LogP contribution in [-0.4, -0.2) is 31.2 Å². The van der Waals surface area contributed by atoms with Crippen molar-refractivity contribution in [2.45, 2.75) is 12.8 Å². The van der Waals surface area contributed by atoms with Crippen LogP contribution in [-0.2, 0) is 9.53 Å². The second kappa shape index (κ2) is 5.85. The zero-order valence-electron chi connectivity index (χ0n) is 11.3. The summed E-state index contributed by atoms with van der Waals surface area (Å²) in [6.45, 7) is 0.917. The summed E-state index contributed by atoms with van der Waals surface area (Å²) in [6, 6.07) is 5.74. The lowest BCUT2D eigenvalue weighted by Crippen LogP contribution is -2.52. The van der Waals surface area contributed by atoms with Crippen molar-refractivity contribution in [3.05, 3.63) is 30.1 Å². The standard InChI is InChI=1S/C14H17FN2O2S/c1-17(11-4-2-10(15)3-5-11)13(18)14(12(16)20)6-8-19-9-7-14/h2-5H,6-9H2,1H3,(H2,16,20). The van der Waals surface area contributed by atoms with Gasteiger partial charge in [0.25, 0.3) is 0 Å². The zero-order chi connectivity index (χ0) is 14.8. The van der Waals surface area contributed by atoms with Crippen LogP contribution in [0, 0.1) is 11.2 Å². The number of anilines is 1. The SMILES string of the molecule is CN(C(=O)C1(C(N)=S)CCOCC1)c1ccc(F)cc1. The molecule has 0 unspecified atom stereocenters. The third-order valence-corrected chi connectivity index (χ3v) is 4.14. The van der Waals surface area contributed by atoms with Crippen molar-refractivity contribution in [3.63, 3.8) is 0 Å². The number of amides is 1. The molecule has 2 N–H and O–H groups in total. The summed E-state index contributed by atoms with van der Waals surface area (Å²) >= 11 is 5.11. The summed E-state index contributed by atoms with van der Waals surface area (Å²) in [7, 11) is 1.64. The van der Waals surface area contributed by atoms with Crippen molar-refractivity contribution in [2.75, 3.05) is 25.2 Å². The molecule has 1 amide bonds. The predicted molar refractivity (Wildman–Crippen MR) is 79.1 cm³/mol. The Morgan fingerprint density at radius 2 is 1.90 bits per heavy atom. The molecule has 0 atom stereocenters. The molecule has 0 aliphatic carbocycles. The molecule has 1 aliphatic heterocycles. The van der Waals surface area contributed by atoms with Gasteiger partial charge >= 0.3 is 0 Å². The number of nitrogens with two attached hydrogens (primary N) is 1. The lowest BCUT2D eigenvalue weighted by Gasteiger charge is -2.37. The monoisotopic (exact) mass is 296 g/mol. The molecule has 1 aromatic carbocycles. The third kappa shape index (κ3) is 2.66. The highest BCUT2D eigenvalue weighted by molar-refractivity contribution is 7.80. The van der Waals surface area contributed by atoms with Crippen molar-refractivity contribution in [1.82, 2.24) is 0 Å². The number of hydrogen-bond donors (Lipinski definition) is 1. The van der Waals surface area contributed by atoms with E-state index in [0.29, 0.717) is 31.7 Å². The first-order valence-corrected chi connectivity index (χ1v) is 6.79. The number of carbonyl (C=O) groups is 1. The van der Waals surface area contributed by atoms with Crippen LogP contribution in [0.2, 0.25) is 0 Å². The Morgan fingerprint density at radius 1 is 1.35 bits per heavy atom. The normalized spacial score (nSPS) is 17.5. The number of carbonyl (C=O) groups excluding carboxylic acids is 1. The fraction of sp³-hybridized carbons (Fsp3) is 0.429. The number of nitrogens with zero attached hydrogens (tertiary/aromatic N) is 1. The number of rotatable bonds is 3. The fourth-order valence-corrected chi connectivity index (χ4v) is 2.68. The van der Waals surface area contributed by atoms with Gasteiger partial charge in [0.05, 0.1) is 4.99 Å². The first-order chi connectivity index (χ1) is 9.47. The van der Waals surface area contributed by atoms with Crippen LogP contribution in [0.3, 0.4) is 0 Å². The molecule has 0 aromatic heterocycles. The smallest absolute Gasteiger partial charge is 0.239 e. The van der Waals surface area contributed by atoms with Gasteiger partial charge in [-0.15, -0.1) is 0 Å². The molecule has 1 aromatic rings. The summed E-state index contributed by atoms with van der Waals surface area (Å²) < 4.78 is 18.2. The average molecular weight is 296 g/mol. The summed E-state index contributed by atoms with van der Waals surface area (Å²) in [5, 5.41) is 0. The fourth-order valence-electron chi connectivity index (χ4n) is 2.39. The molecule has 108 valence electrons. The van der Waals surface area contributed by atoms with E-state index in [0.717, 1.165) is 0 Å². The van der Waals surface area contributed by atoms with Crippen LogP contribution in [0.4, 0.5) is 10.1 Å². The Bertz CT molecular complexity index is 512. The Labute approximate surface area is 122 Å². The van der Waals surface area contributed by atoms with Crippen molar-refractivity contribution in [1.29, 1.82) is 0 Å². The molecule has 0 spiro atoms. The van der Waals surface area contributed by atoms with Crippen LogP contribution in [0.5, 0.6) is 0 Å². The molecule has 6 heteroatoms. The highest BCUT2D eigenvalue weighted by Crippen LogP contribution is 2.34. The zero-order valence-corrected chi connectivity index (χ0v) is 12.1. The van der Waals surface area contributed by atoms with Gasteiger partial charge in [0.1, 0.15) is 11.2 Å². The largest absolute Gasteiger partial charge is 0.392 e. The predicted octanol–water partition coefficient (Wildman–Crippen LogP) is 1.87. The van der Waals surface area contributed by atoms with Crippen molar-refractivity contribution in [2.24, 2.45) is 11.1 Å². The molecule has 0 bridgehead atoms. The van der Waals surface area contributed by atoms with E-state index in [4.69, 9.17) is 22.7 Å². The van der Waals surface area contributed by atoms with Crippen LogP contribution < -0.4 is 10.6 Å². The van der Waals surface area contributed by atoms with E-state index in [1.165, 1.54) is 17.0 Å². The number of ether oxygens (including phenoxy) is 1. The van der Waals surface area contributed by atoms with Gasteiger partial charge in [0.2, 0.25) is 5.91 Å². The van der Waals surface area contributed by atoms with Gasteiger partial charge < -0.3 is 15.4 Å². The first kappa shape index (κ1) is 14.9. The minimum Gasteiger partial charge on any atom is -0.392 e. The summed E-state index contributed by atoms with van der Waals surface area (Å²) in [4.78, 5) is 14.4. The van der Waals surface area contributed by atoms with E-state index >= 15 is 0 Å². The van der Waals surface area contributed by atoms with E-state index in [2.05, 4.69) is 0 Å². The van der Waals surface area contributed by atoms with E-state index in [-0.39, 0.29) is 16.7 Å². The number of benzene rings is 1. The van der Waals surface area contributed by atoms with Crippen LogP contribution in [0.25, 0.3) is 0 Å². The van der Waals surface area contributed by atoms with Gasteiger partial charge in [-0.25, -0.2) is 4.39 Å². The van der Waals surface area contributed by atoms with Gasteiger partial charge in [-0.1, -0.05) is 12.2 Å². The molecule has 20 heavy (non-hydrogen) atoms. The van der Waals surface area contributed by atoms with Crippen molar-refractivity contribution < 1.29 is 13.9 Å². The summed E-state index contributed by atoms with van der Waals surface area (Å²) in [5.74, 6) is -0.510. The van der Waals surface area contributed by atoms with Gasteiger partial charge in [-0.3, -0.25) is 4.79 Å². The third-order valence-electron chi connectivity index (χ3n) is 3.75. The maximum Gasteiger partial charge on any atom is 0.239 e. The molecule has 1 fully saturated rings. The second-order valence-electron chi connectivity index (χ2n) is 4.90. The molecular weight excluding hydrogens is 279 g/mol. The Balaban J connectivity index is 2.27. The highest BCUT2D eigenvalue weighted by atomic mass is 32.1. The topological polar surface area (TPSA) is 55.6 Å². The van der Waals surface area contributed by atoms with E-state index < -0.39 is 5.41 Å². The van der Waals surface area contributed by atoms with Gasteiger partial charge in [0, 0.05) is 25.9 Å². The first-order valence-electron chi connectivity index (χ1n) is 6.39. The molecule has 2 rings (SSSR count). The molecule has 1 saturated heterocycles. The molecular formula is C14H17FN2O2S. The number of thiocarbonyl (C=S) groups is 1. The maximum absolute atomic E-state index is 12.9. The number of hydrogen-bond acceptors (Lipinski definition) is 3. The van der Waals surface area contributed by atoms with E-state index in [1.54, 1.807) is 19.2 Å². The summed E-state index contributed by atoms with van der Waals surface area (Å²) in [5.41, 5.74) is 5.56. The quantitative estimate of drug-likeness (QED) is 0.865. The Kier molecular flexibility index (Phi) is 4.35. The van der Waals surface area contributed by atoms with Gasteiger partial charge in [0.15, 0.2) is 0 Å². The van der Waals surface area contributed by atoms with Crippen LogP contribution in [0.1, 0.15) is 12.8 Å². The Hall–Kier alpha value is -1.53. The molecule has 0 radical (unpaired) electrons. The van der Waals surface area contributed by atoms with Gasteiger partial charge in [-0.2, -0.15) is 0 Å². The molecule has 1 aliphatic rings. The average Bonchev–Trinajstić information content (AvgIpc) is 2.47. The lowest BCUT2D eigenvalue weighted by atomic mass is 9.78. The highest BCUT2D eigenvalue weighted by Gasteiger charge is 2.44. The van der Waals surface area contributed by atoms with Crippen LogP contribution in [0.15, 0.2) is 24.3 Å². The van der Waals surface area contributed by atoms with Gasteiger partial charge in [-0.05, 0) is 37.1 Å². The van der Waals surface area contributed by atoms with Crippen molar-refractivity contribution in [3.8, 4) is 0 Å². The lowest BCUT2D eigenvalue weighted by molar-refractivity contribution is -0.128. The van der Waals surface area contributed by atoms with Crippen molar-refractivity contribution >= 4 is 28.8 Å². The number of halogens is 1. The second-order valence-corrected chi connectivity index (χ2v) is 5.34. The van der Waals surface area contributed by atoms with E-state index in [1.807, 2.05) is 0 Å². The molecule has 4 nitrogen and oxygen atoms in total. The van der Waals surface area contributed by atoms with Crippen LogP contribution >= 0.6 is 12.2 Å². The Morgan fingerprint density at radius 3 is 2.40 bits per heavy atom. The molecule has 1 heterocycles. The summed E-state index contributed by atoms with van der Waals surface area (Å²) in [6.07, 6.45) is 0.958. The maximum atomic E-state index is 12.9. The minimum absolute atomic E-state index is 0.167. The minimum atomic E-state index is -0.864. The molecule has 0 saturated carbocycles.